The van der Waals surface area contributed by atoms with Gasteiger partial charge in [0, 0.05) is 6.42 Å². The number of hydrogen-bond donors (Lipinski definition) is 0. The lowest BCUT2D eigenvalue weighted by molar-refractivity contribution is -0.145. The average molecular weight is 181 g/mol. The molecule has 0 aliphatic rings. The van der Waals surface area contributed by atoms with Crippen molar-refractivity contribution in [3.63, 3.8) is 0 Å². The highest BCUT2D eigenvalue weighted by molar-refractivity contribution is 5.72. The SMILES string of the molecule is C=CCC(CCCC#N)C(=O)OC. The summed E-state index contributed by atoms with van der Waals surface area (Å²) in [5.41, 5.74) is 0. The van der Waals surface area contributed by atoms with Crippen LogP contribution in [0.1, 0.15) is 25.7 Å². The van der Waals surface area contributed by atoms with E-state index in [4.69, 9.17) is 5.26 Å². The maximum Gasteiger partial charge on any atom is 0.308 e. The van der Waals surface area contributed by atoms with Crippen LogP contribution in [-0.4, -0.2) is 13.1 Å². The zero-order chi connectivity index (χ0) is 10.1. The Bertz CT molecular complexity index is 205. The minimum atomic E-state index is -0.210. The molecule has 0 aromatic rings. The topological polar surface area (TPSA) is 50.1 Å². The van der Waals surface area contributed by atoms with Gasteiger partial charge in [0.15, 0.2) is 0 Å². The molecular formula is C10H15NO2. The fourth-order valence-corrected chi connectivity index (χ4v) is 1.13. The van der Waals surface area contributed by atoms with Crippen molar-refractivity contribution in [3.05, 3.63) is 12.7 Å². The highest BCUT2D eigenvalue weighted by atomic mass is 16.5. The first-order valence-electron chi connectivity index (χ1n) is 4.32. The molecule has 72 valence electrons. The fraction of sp³-hybridized carbons (Fsp3) is 0.600. The van der Waals surface area contributed by atoms with Crippen molar-refractivity contribution in [3.8, 4) is 6.07 Å². The summed E-state index contributed by atoms with van der Waals surface area (Å²) in [6, 6.07) is 2.04. The predicted octanol–water partition coefficient (Wildman–Crippen LogP) is 2.05. The zero-order valence-electron chi connectivity index (χ0n) is 7.95. The lowest BCUT2D eigenvalue weighted by Crippen LogP contribution is -2.15. The maximum absolute atomic E-state index is 11.1. The Labute approximate surface area is 79.0 Å². The van der Waals surface area contributed by atoms with E-state index in [2.05, 4.69) is 11.3 Å². The second-order valence-corrected chi connectivity index (χ2v) is 2.79. The Morgan fingerprint density at radius 1 is 1.77 bits per heavy atom. The molecule has 0 saturated carbocycles. The van der Waals surface area contributed by atoms with Gasteiger partial charge in [-0.3, -0.25) is 4.79 Å². The second-order valence-electron chi connectivity index (χ2n) is 2.79. The molecule has 0 amide bonds. The van der Waals surface area contributed by atoms with Crippen LogP contribution in [0, 0.1) is 17.2 Å². The summed E-state index contributed by atoms with van der Waals surface area (Å²) in [5, 5.41) is 8.32. The van der Waals surface area contributed by atoms with Crippen LogP contribution in [0.5, 0.6) is 0 Å². The summed E-state index contributed by atoms with van der Waals surface area (Å²) in [6.07, 6.45) is 4.26. The third-order valence-corrected chi connectivity index (χ3v) is 1.83. The Morgan fingerprint density at radius 3 is 2.92 bits per heavy atom. The van der Waals surface area contributed by atoms with E-state index in [1.54, 1.807) is 6.08 Å². The summed E-state index contributed by atoms with van der Waals surface area (Å²) in [7, 11) is 1.38. The Hall–Kier alpha value is -1.30. The highest BCUT2D eigenvalue weighted by Crippen LogP contribution is 2.14. The molecule has 0 aliphatic heterocycles. The number of carbonyl (C=O) groups excluding carboxylic acids is 1. The summed E-state index contributed by atoms with van der Waals surface area (Å²) < 4.78 is 4.63. The monoisotopic (exact) mass is 181 g/mol. The van der Waals surface area contributed by atoms with Crippen LogP contribution in [0.25, 0.3) is 0 Å². The van der Waals surface area contributed by atoms with Crippen molar-refractivity contribution in [1.82, 2.24) is 0 Å². The van der Waals surface area contributed by atoms with Gasteiger partial charge in [-0.15, -0.1) is 6.58 Å². The van der Waals surface area contributed by atoms with E-state index in [1.807, 2.05) is 6.07 Å². The lowest BCUT2D eigenvalue weighted by atomic mass is 9.99. The van der Waals surface area contributed by atoms with Gasteiger partial charge in [0.2, 0.25) is 0 Å². The zero-order valence-corrected chi connectivity index (χ0v) is 7.95. The number of esters is 1. The summed E-state index contributed by atoms with van der Waals surface area (Å²) >= 11 is 0. The van der Waals surface area contributed by atoms with Gasteiger partial charge in [0.25, 0.3) is 0 Å². The molecule has 1 unspecified atom stereocenters. The molecule has 0 N–H and O–H groups in total. The molecule has 0 radical (unpaired) electrons. The number of allylic oxidation sites excluding steroid dienone is 1. The Kier molecular flexibility index (Phi) is 6.62. The van der Waals surface area contributed by atoms with E-state index in [-0.39, 0.29) is 11.9 Å². The molecule has 3 heteroatoms. The molecule has 0 bridgehead atoms. The van der Waals surface area contributed by atoms with Gasteiger partial charge in [-0.25, -0.2) is 0 Å². The second kappa shape index (κ2) is 7.35. The van der Waals surface area contributed by atoms with Crippen molar-refractivity contribution in [2.75, 3.05) is 7.11 Å². The molecule has 0 spiro atoms. The molecule has 3 nitrogen and oxygen atoms in total. The highest BCUT2D eigenvalue weighted by Gasteiger charge is 2.16. The van der Waals surface area contributed by atoms with Crippen molar-refractivity contribution in [1.29, 1.82) is 5.26 Å². The molecule has 0 rings (SSSR count). The minimum absolute atomic E-state index is 0.129. The third-order valence-electron chi connectivity index (χ3n) is 1.83. The van der Waals surface area contributed by atoms with Crippen molar-refractivity contribution >= 4 is 5.97 Å². The number of methoxy groups -OCH3 is 1. The number of nitriles is 1. The van der Waals surface area contributed by atoms with Gasteiger partial charge in [0.1, 0.15) is 0 Å². The molecule has 0 aromatic carbocycles. The van der Waals surface area contributed by atoms with Gasteiger partial charge in [-0.05, 0) is 19.3 Å². The summed E-state index contributed by atoms with van der Waals surface area (Å²) in [4.78, 5) is 11.1. The summed E-state index contributed by atoms with van der Waals surface area (Å²) in [6.45, 7) is 3.57. The van der Waals surface area contributed by atoms with Crippen LogP contribution in [0.15, 0.2) is 12.7 Å². The lowest BCUT2D eigenvalue weighted by Gasteiger charge is -2.10. The van der Waals surface area contributed by atoms with Crippen LogP contribution < -0.4 is 0 Å². The van der Waals surface area contributed by atoms with Gasteiger partial charge in [-0.1, -0.05) is 6.08 Å². The minimum Gasteiger partial charge on any atom is -0.469 e. The first-order valence-corrected chi connectivity index (χ1v) is 4.32. The van der Waals surface area contributed by atoms with Crippen LogP contribution in [0.3, 0.4) is 0 Å². The van der Waals surface area contributed by atoms with Crippen LogP contribution in [-0.2, 0) is 9.53 Å². The summed E-state index contributed by atoms with van der Waals surface area (Å²) in [5.74, 6) is -0.339. The van der Waals surface area contributed by atoms with Gasteiger partial charge < -0.3 is 4.74 Å². The third kappa shape index (κ3) is 5.02. The van der Waals surface area contributed by atoms with Crippen molar-refractivity contribution in [2.24, 2.45) is 5.92 Å². The normalized spacial score (nSPS) is 11.4. The van der Waals surface area contributed by atoms with Crippen LogP contribution in [0.4, 0.5) is 0 Å². The first-order chi connectivity index (χ1) is 6.26. The van der Waals surface area contributed by atoms with E-state index >= 15 is 0 Å². The molecule has 0 aromatic heterocycles. The quantitative estimate of drug-likeness (QED) is 0.358. The van der Waals surface area contributed by atoms with Gasteiger partial charge in [-0.2, -0.15) is 5.26 Å². The molecular weight excluding hydrogens is 166 g/mol. The van der Waals surface area contributed by atoms with Crippen LogP contribution in [0.2, 0.25) is 0 Å². The van der Waals surface area contributed by atoms with E-state index in [0.29, 0.717) is 19.3 Å². The van der Waals surface area contributed by atoms with Crippen LogP contribution >= 0.6 is 0 Å². The molecule has 0 aliphatic carbocycles. The Balaban J connectivity index is 3.87. The molecule has 0 saturated heterocycles. The number of carbonyl (C=O) groups is 1. The molecule has 0 heterocycles. The number of rotatable bonds is 6. The molecule has 0 fully saturated rings. The average Bonchev–Trinajstić information content (AvgIpc) is 2.16. The number of ether oxygens (including phenoxy) is 1. The van der Waals surface area contributed by atoms with E-state index in [1.165, 1.54) is 7.11 Å². The fourth-order valence-electron chi connectivity index (χ4n) is 1.13. The van der Waals surface area contributed by atoms with E-state index < -0.39 is 0 Å². The van der Waals surface area contributed by atoms with Crippen molar-refractivity contribution < 1.29 is 9.53 Å². The Morgan fingerprint density at radius 2 is 2.46 bits per heavy atom. The molecule has 13 heavy (non-hydrogen) atoms. The first kappa shape index (κ1) is 11.7. The maximum atomic E-state index is 11.1. The number of hydrogen-bond acceptors (Lipinski definition) is 3. The van der Waals surface area contributed by atoms with Gasteiger partial charge >= 0.3 is 5.97 Å². The largest absolute Gasteiger partial charge is 0.469 e. The van der Waals surface area contributed by atoms with E-state index in [9.17, 15) is 4.79 Å². The standard InChI is InChI=1S/C10H15NO2/c1-3-6-9(10(12)13-2)7-4-5-8-11/h3,9H,1,4-7H2,2H3. The predicted molar refractivity (Wildman–Crippen MR) is 49.8 cm³/mol. The van der Waals surface area contributed by atoms with Gasteiger partial charge in [0.05, 0.1) is 19.1 Å². The number of nitrogens with zero attached hydrogens (tertiary/aromatic N) is 1. The van der Waals surface area contributed by atoms with E-state index in [0.717, 1.165) is 6.42 Å². The smallest absolute Gasteiger partial charge is 0.308 e. The molecule has 1 atom stereocenters. The van der Waals surface area contributed by atoms with Crippen molar-refractivity contribution in [2.45, 2.75) is 25.7 Å². The number of unbranched alkanes of at least 4 members (excludes halogenated alkanes) is 1.